The van der Waals surface area contributed by atoms with E-state index < -0.39 is 0 Å². The number of piperazine rings is 1. The highest BCUT2D eigenvalue weighted by Crippen LogP contribution is 2.15. The Morgan fingerprint density at radius 2 is 1.63 bits per heavy atom. The highest BCUT2D eigenvalue weighted by molar-refractivity contribution is 5.96. The topological polar surface area (TPSA) is 64.7 Å². The van der Waals surface area contributed by atoms with Crippen molar-refractivity contribution in [3.63, 3.8) is 0 Å². The highest BCUT2D eigenvalue weighted by atomic mass is 16.2. The van der Waals surface area contributed by atoms with Gasteiger partial charge in [0.05, 0.1) is 6.54 Å². The number of carbonyl (C=O) groups is 2. The fourth-order valence-corrected chi connectivity index (χ4v) is 3.61. The van der Waals surface area contributed by atoms with Crippen LogP contribution < -0.4 is 15.5 Å². The van der Waals surface area contributed by atoms with Gasteiger partial charge in [-0.2, -0.15) is 0 Å². The molecule has 0 saturated carbocycles. The minimum Gasteiger partial charge on any atom is -0.369 e. The summed E-state index contributed by atoms with van der Waals surface area (Å²) in [6, 6.07) is 16.1. The van der Waals surface area contributed by atoms with Crippen molar-refractivity contribution in [3.05, 3.63) is 65.2 Å². The lowest BCUT2D eigenvalue weighted by Crippen LogP contribution is -2.47. The zero-order valence-electron chi connectivity index (χ0n) is 18.0. The molecule has 0 radical (unpaired) electrons. The van der Waals surface area contributed by atoms with Gasteiger partial charge < -0.3 is 15.5 Å². The maximum atomic E-state index is 12.2. The Balaban J connectivity index is 1.28. The van der Waals surface area contributed by atoms with E-state index in [4.69, 9.17) is 0 Å². The molecule has 2 aromatic rings. The molecule has 1 aliphatic heterocycles. The molecule has 0 bridgehead atoms. The number of aryl methyl sites for hydroxylation is 2. The zero-order valence-corrected chi connectivity index (χ0v) is 18.0. The molecular formula is C24H32N4O2. The van der Waals surface area contributed by atoms with Crippen LogP contribution in [0.2, 0.25) is 0 Å². The van der Waals surface area contributed by atoms with E-state index in [9.17, 15) is 9.59 Å². The number of benzene rings is 2. The summed E-state index contributed by atoms with van der Waals surface area (Å²) in [4.78, 5) is 29.0. The van der Waals surface area contributed by atoms with Crippen molar-refractivity contribution in [2.75, 3.05) is 50.7 Å². The summed E-state index contributed by atoms with van der Waals surface area (Å²) in [5.74, 6) is -0.370. The minimum atomic E-state index is -0.218. The van der Waals surface area contributed by atoms with Gasteiger partial charge >= 0.3 is 0 Å². The molecule has 2 amide bonds. The van der Waals surface area contributed by atoms with Crippen molar-refractivity contribution < 1.29 is 9.59 Å². The van der Waals surface area contributed by atoms with Gasteiger partial charge in [0.1, 0.15) is 0 Å². The normalized spacial score (nSPS) is 14.4. The van der Waals surface area contributed by atoms with Gasteiger partial charge in [0.25, 0.3) is 5.91 Å². The van der Waals surface area contributed by atoms with Crippen LogP contribution in [-0.4, -0.2) is 62.5 Å². The van der Waals surface area contributed by atoms with E-state index in [0.717, 1.165) is 50.3 Å². The molecule has 1 aliphatic rings. The largest absolute Gasteiger partial charge is 0.369 e. The summed E-state index contributed by atoms with van der Waals surface area (Å²) >= 11 is 0. The molecule has 1 fully saturated rings. The third kappa shape index (κ3) is 6.32. The smallest absolute Gasteiger partial charge is 0.251 e. The lowest BCUT2D eigenvalue weighted by atomic mass is 10.1. The Kier molecular flexibility index (Phi) is 7.85. The number of nitrogens with one attached hydrogen (secondary N) is 2. The first-order chi connectivity index (χ1) is 14.5. The van der Waals surface area contributed by atoms with Gasteiger partial charge in [0.15, 0.2) is 0 Å². The average Bonchev–Trinajstić information content (AvgIpc) is 2.78. The second-order valence-corrected chi connectivity index (χ2v) is 7.85. The quantitative estimate of drug-likeness (QED) is 0.658. The van der Waals surface area contributed by atoms with E-state index in [1.165, 1.54) is 5.69 Å². The molecule has 160 valence electrons. The van der Waals surface area contributed by atoms with Gasteiger partial charge in [-0.3, -0.25) is 14.5 Å². The van der Waals surface area contributed by atoms with E-state index in [0.29, 0.717) is 12.1 Å². The Bertz CT molecular complexity index is 846. The van der Waals surface area contributed by atoms with Crippen molar-refractivity contribution in [1.82, 2.24) is 15.5 Å². The van der Waals surface area contributed by atoms with Crippen LogP contribution in [0.25, 0.3) is 0 Å². The summed E-state index contributed by atoms with van der Waals surface area (Å²) < 4.78 is 0. The van der Waals surface area contributed by atoms with E-state index in [1.54, 1.807) is 6.07 Å². The van der Waals surface area contributed by atoms with Crippen molar-refractivity contribution in [2.45, 2.75) is 20.3 Å². The van der Waals surface area contributed by atoms with Crippen LogP contribution in [0, 0.1) is 13.8 Å². The fraction of sp³-hybridized carbons (Fsp3) is 0.417. The summed E-state index contributed by atoms with van der Waals surface area (Å²) in [6.45, 7) is 9.70. The van der Waals surface area contributed by atoms with Crippen LogP contribution in [0.15, 0.2) is 48.5 Å². The van der Waals surface area contributed by atoms with Gasteiger partial charge in [-0.1, -0.05) is 24.3 Å². The lowest BCUT2D eigenvalue weighted by Gasteiger charge is -2.36. The molecule has 1 heterocycles. The van der Waals surface area contributed by atoms with Gasteiger partial charge in [0, 0.05) is 44.0 Å². The first-order valence-electron chi connectivity index (χ1n) is 10.7. The maximum absolute atomic E-state index is 12.2. The summed E-state index contributed by atoms with van der Waals surface area (Å²) in [5, 5.41) is 5.58. The molecule has 0 atom stereocenters. The number of amides is 2. The minimum absolute atomic E-state index is 0.00150. The van der Waals surface area contributed by atoms with Crippen LogP contribution in [0.1, 0.15) is 27.9 Å². The van der Waals surface area contributed by atoms with Gasteiger partial charge in [-0.05, 0) is 62.2 Å². The van der Waals surface area contributed by atoms with Crippen LogP contribution in [0.3, 0.4) is 0 Å². The number of para-hydroxylation sites is 1. The molecule has 2 N–H and O–H groups in total. The Morgan fingerprint density at radius 1 is 0.900 bits per heavy atom. The maximum Gasteiger partial charge on any atom is 0.251 e. The molecule has 1 saturated heterocycles. The van der Waals surface area contributed by atoms with Crippen molar-refractivity contribution in [2.24, 2.45) is 0 Å². The number of rotatable bonds is 8. The van der Waals surface area contributed by atoms with Gasteiger partial charge in [0.2, 0.25) is 5.91 Å². The summed E-state index contributed by atoms with van der Waals surface area (Å²) in [7, 11) is 0. The van der Waals surface area contributed by atoms with E-state index >= 15 is 0 Å². The van der Waals surface area contributed by atoms with Gasteiger partial charge in [-0.25, -0.2) is 0 Å². The highest BCUT2D eigenvalue weighted by Gasteiger charge is 2.16. The van der Waals surface area contributed by atoms with Crippen LogP contribution >= 0.6 is 0 Å². The predicted octanol–water partition coefficient (Wildman–Crippen LogP) is 2.36. The number of carbonyl (C=O) groups excluding carboxylic acids is 2. The van der Waals surface area contributed by atoms with E-state index in [-0.39, 0.29) is 18.4 Å². The van der Waals surface area contributed by atoms with Crippen LogP contribution in [0.5, 0.6) is 0 Å². The monoisotopic (exact) mass is 408 g/mol. The fourth-order valence-electron chi connectivity index (χ4n) is 3.61. The first-order valence-corrected chi connectivity index (χ1v) is 10.7. The number of anilines is 1. The number of hydrogen-bond donors (Lipinski definition) is 2. The lowest BCUT2D eigenvalue weighted by molar-refractivity contribution is -0.120. The Hall–Kier alpha value is -2.86. The third-order valence-corrected chi connectivity index (χ3v) is 5.65. The summed E-state index contributed by atoms with van der Waals surface area (Å²) in [6.07, 6.45) is 0.905. The van der Waals surface area contributed by atoms with Crippen LogP contribution in [0.4, 0.5) is 5.69 Å². The van der Waals surface area contributed by atoms with Gasteiger partial charge in [-0.15, -0.1) is 0 Å². The van der Waals surface area contributed by atoms with E-state index in [1.807, 2.05) is 32.0 Å². The molecule has 6 heteroatoms. The zero-order chi connectivity index (χ0) is 21.3. The van der Waals surface area contributed by atoms with Crippen molar-refractivity contribution >= 4 is 17.5 Å². The average molecular weight is 409 g/mol. The van der Waals surface area contributed by atoms with Crippen LogP contribution in [-0.2, 0) is 4.79 Å². The number of hydrogen-bond acceptors (Lipinski definition) is 4. The van der Waals surface area contributed by atoms with E-state index in [2.05, 4.69) is 44.7 Å². The second-order valence-electron chi connectivity index (χ2n) is 7.85. The van der Waals surface area contributed by atoms with Crippen molar-refractivity contribution in [1.29, 1.82) is 0 Å². The molecule has 0 spiro atoms. The Labute approximate surface area is 179 Å². The second kappa shape index (κ2) is 10.8. The molecule has 0 unspecified atom stereocenters. The van der Waals surface area contributed by atoms with Crippen molar-refractivity contribution in [3.8, 4) is 0 Å². The molecule has 3 rings (SSSR count). The Morgan fingerprint density at radius 3 is 2.33 bits per heavy atom. The predicted molar refractivity (Wildman–Crippen MR) is 121 cm³/mol. The molecule has 0 aromatic heterocycles. The number of nitrogens with zero attached hydrogens (tertiary/aromatic N) is 2. The first kappa shape index (κ1) is 21.8. The molecular weight excluding hydrogens is 376 g/mol. The standard InChI is InChI=1S/C24H32N4O2/c1-19-9-10-21(17-20(19)2)24(30)26-18-23(29)25-11-6-12-27-13-15-28(16-14-27)22-7-4-3-5-8-22/h3-5,7-10,17H,6,11-16,18H2,1-2H3,(H,25,29)(H,26,30). The SMILES string of the molecule is Cc1ccc(C(=O)NCC(=O)NCCCN2CCN(c3ccccc3)CC2)cc1C. The molecule has 30 heavy (non-hydrogen) atoms. The summed E-state index contributed by atoms with van der Waals surface area (Å²) in [5.41, 5.74) is 4.08. The molecule has 2 aromatic carbocycles. The molecule has 0 aliphatic carbocycles. The third-order valence-electron chi connectivity index (χ3n) is 5.65. The molecule has 6 nitrogen and oxygen atoms in total.